The second-order valence-electron chi connectivity index (χ2n) is 4.77. The number of hydrogen-bond acceptors (Lipinski definition) is 4. The standard InChI is InChI=1S/C14H18ClN3O3S/c1-5-18-10(3)14(9(2)16-18)22(19,20)17-12-8-11(15)6-7-13(12)21-4/h6-8,17H,5H2,1-4H3. The van der Waals surface area contributed by atoms with E-state index in [2.05, 4.69) is 9.82 Å². The summed E-state index contributed by atoms with van der Waals surface area (Å²) in [4.78, 5) is 0.177. The molecule has 0 aliphatic heterocycles. The Kier molecular flexibility index (Phi) is 4.67. The highest BCUT2D eigenvalue weighted by Gasteiger charge is 2.25. The molecule has 2 aromatic rings. The second kappa shape index (κ2) is 6.18. The first-order valence-corrected chi connectivity index (χ1v) is 8.56. The molecule has 22 heavy (non-hydrogen) atoms. The minimum absolute atomic E-state index is 0.177. The highest BCUT2D eigenvalue weighted by Crippen LogP contribution is 2.31. The Labute approximate surface area is 135 Å². The Morgan fingerprint density at radius 2 is 2.05 bits per heavy atom. The number of methoxy groups -OCH3 is 1. The molecule has 0 aliphatic rings. The van der Waals surface area contributed by atoms with E-state index in [1.54, 1.807) is 30.7 Å². The van der Waals surface area contributed by atoms with Gasteiger partial charge in [0.15, 0.2) is 0 Å². The fraction of sp³-hybridized carbons (Fsp3) is 0.357. The molecule has 0 fully saturated rings. The van der Waals surface area contributed by atoms with Crippen LogP contribution in [-0.4, -0.2) is 25.3 Å². The fourth-order valence-electron chi connectivity index (χ4n) is 2.33. The number of nitrogens with zero attached hydrogens (tertiary/aromatic N) is 2. The second-order valence-corrected chi connectivity index (χ2v) is 6.82. The molecule has 0 radical (unpaired) electrons. The van der Waals surface area contributed by atoms with Crippen LogP contribution in [0.25, 0.3) is 0 Å². The molecule has 1 aromatic carbocycles. The van der Waals surface area contributed by atoms with Gasteiger partial charge in [-0.1, -0.05) is 11.6 Å². The van der Waals surface area contributed by atoms with Crippen LogP contribution in [0.3, 0.4) is 0 Å². The van der Waals surface area contributed by atoms with Gasteiger partial charge in [-0.05, 0) is 39.0 Å². The Morgan fingerprint density at radius 1 is 1.36 bits per heavy atom. The maximum Gasteiger partial charge on any atom is 0.265 e. The number of hydrogen-bond donors (Lipinski definition) is 1. The van der Waals surface area contributed by atoms with Crippen LogP contribution < -0.4 is 9.46 Å². The zero-order valence-electron chi connectivity index (χ0n) is 12.8. The quantitative estimate of drug-likeness (QED) is 0.905. The lowest BCUT2D eigenvalue weighted by Gasteiger charge is -2.12. The zero-order chi connectivity index (χ0) is 16.5. The van der Waals surface area contributed by atoms with Crippen molar-refractivity contribution in [3.8, 4) is 5.75 Å². The monoisotopic (exact) mass is 343 g/mol. The molecule has 0 spiro atoms. The molecule has 1 heterocycles. The lowest BCUT2D eigenvalue weighted by Crippen LogP contribution is -2.15. The van der Waals surface area contributed by atoms with Crippen LogP contribution in [0.15, 0.2) is 23.1 Å². The van der Waals surface area contributed by atoms with Gasteiger partial charge in [0.05, 0.1) is 24.2 Å². The maximum absolute atomic E-state index is 12.7. The third kappa shape index (κ3) is 3.05. The number of aromatic nitrogens is 2. The van der Waals surface area contributed by atoms with Crippen molar-refractivity contribution in [2.75, 3.05) is 11.8 Å². The summed E-state index contributed by atoms with van der Waals surface area (Å²) in [7, 11) is -2.32. The highest BCUT2D eigenvalue weighted by atomic mass is 35.5. The summed E-state index contributed by atoms with van der Waals surface area (Å²) in [5.41, 5.74) is 1.33. The molecule has 0 amide bonds. The minimum Gasteiger partial charge on any atom is -0.495 e. The predicted octanol–water partition coefficient (Wildman–Crippen LogP) is 2.98. The minimum atomic E-state index is -3.79. The van der Waals surface area contributed by atoms with Gasteiger partial charge in [0, 0.05) is 11.6 Å². The van der Waals surface area contributed by atoms with Gasteiger partial charge in [-0.2, -0.15) is 5.10 Å². The summed E-state index contributed by atoms with van der Waals surface area (Å²) in [5.74, 6) is 0.395. The van der Waals surface area contributed by atoms with Crippen molar-refractivity contribution in [2.45, 2.75) is 32.2 Å². The number of halogens is 1. The average Bonchev–Trinajstić information content (AvgIpc) is 2.73. The molecule has 1 aromatic heterocycles. The van der Waals surface area contributed by atoms with Crippen molar-refractivity contribution >= 4 is 27.3 Å². The van der Waals surface area contributed by atoms with Crippen molar-refractivity contribution in [2.24, 2.45) is 0 Å². The van der Waals surface area contributed by atoms with E-state index in [1.807, 2.05) is 6.92 Å². The number of anilines is 1. The Hall–Kier alpha value is -1.73. The van der Waals surface area contributed by atoms with Crippen LogP contribution >= 0.6 is 11.6 Å². The summed E-state index contributed by atoms with van der Waals surface area (Å²) in [6.07, 6.45) is 0. The molecule has 1 N–H and O–H groups in total. The molecule has 0 unspecified atom stereocenters. The number of benzene rings is 1. The van der Waals surface area contributed by atoms with Crippen molar-refractivity contribution < 1.29 is 13.2 Å². The fourth-order valence-corrected chi connectivity index (χ4v) is 3.98. The van der Waals surface area contributed by atoms with Gasteiger partial charge in [-0.3, -0.25) is 9.40 Å². The Balaban J connectivity index is 2.49. The molecule has 6 nitrogen and oxygen atoms in total. The molecule has 0 saturated carbocycles. The van der Waals surface area contributed by atoms with Crippen LogP contribution in [0.1, 0.15) is 18.3 Å². The van der Waals surface area contributed by atoms with Crippen LogP contribution in [0.2, 0.25) is 5.02 Å². The number of rotatable bonds is 5. The van der Waals surface area contributed by atoms with Crippen LogP contribution in [0.4, 0.5) is 5.69 Å². The molecular formula is C14H18ClN3O3S. The molecular weight excluding hydrogens is 326 g/mol. The van der Waals surface area contributed by atoms with Crippen molar-refractivity contribution in [1.82, 2.24) is 9.78 Å². The zero-order valence-corrected chi connectivity index (χ0v) is 14.4. The smallest absolute Gasteiger partial charge is 0.265 e. The molecule has 120 valence electrons. The average molecular weight is 344 g/mol. The largest absolute Gasteiger partial charge is 0.495 e. The summed E-state index contributed by atoms with van der Waals surface area (Å²) < 4.78 is 34.7. The number of nitrogens with one attached hydrogen (secondary N) is 1. The van der Waals surface area contributed by atoms with E-state index in [9.17, 15) is 8.42 Å². The first-order chi connectivity index (χ1) is 10.3. The molecule has 0 atom stereocenters. The van der Waals surface area contributed by atoms with E-state index in [0.29, 0.717) is 28.7 Å². The van der Waals surface area contributed by atoms with Crippen LogP contribution in [0, 0.1) is 13.8 Å². The van der Waals surface area contributed by atoms with E-state index in [-0.39, 0.29) is 10.6 Å². The van der Waals surface area contributed by atoms with E-state index >= 15 is 0 Å². The number of sulfonamides is 1. The van der Waals surface area contributed by atoms with E-state index in [4.69, 9.17) is 16.3 Å². The maximum atomic E-state index is 12.7. The van der Waals surface area contributed by atoms with E-state index in [0.717, 1.165) is 0 Å². The van der Waals surface area contributed by atoms with Crippen molar-refractivity contribution in [3.05, 3.63) is 34.6 Å². The van der Waals surface area contributed by atoms with Crippen LogP contribution in [0.5, 0.6) is 5.75 Å². The van der Waals surface area contributed by atoms with Gasteiger partial charge in [0.25, 0.3) is 10.0 Å². The molecule has 0 saturated heterocycles. The van der Waals surface area contributed by atoms with E-state index in [1.165, 1.54) is 13.2 Å². The van der Waals surface area contributed by atoms with Gasteiger partial charge >= 0.3 is 0 Å². The summed E-state index contributed by atoms with van der Waals surface area (Å²) in [5, 5.41) is 4.65. The van der Waals surface area contributed by atoms with E-state index < -0.39 is 10.0 Å². The van der Waals surface area contributed by atoms with Gasteiger partial charge in [-0.15, -0.1) is 0 Å². The highest BCUT2D eigenvalue weighted by molar-refractivity contribution is 7.92. The van der Waals surface area contributed by atoms with Gasteiger partial charge in [-0.25, -0.2) is 8.42 Å². The predicted molar refractivity (Wildman–Crippen MR) is 86.2 cm³/mol. The first kappa shape index (κ1) is 16.6. The Morgan fingerprint density at radius 3 is 2.59 bits per heavy atom. The third-order valence-corrected chi connectivity index (χ3v) is 5.14. The topological polar surface area (TPSA) is 73.2 Å². The first-order valence-electron chi connectivity index (χ1n) is 6.70. The Bertz CT molecular complexity index is 800. The lowest BCUT2D eigenvalue weighted by molar-refractivity contribution is 0.417. The molecule has 0 aliphatic carbocycles. The summed E-state index contributed by atoms with van der Waals surface area (Å²) >= 11 is 5.93. The number of aryl methyl sites for hydroxylation is 2. The van der Waals surface area contributed by atoms with Gasteiger partial charge < -0.3 is 4.74 Å². The summed E-state index contributed by atoms with van der Waals surface area (Å²) in [6, 6.07) is 4.74. The molecule has 0 bridgehead atoms. The lowest BCUT2D eigenvalue weighted by atomic mass is 10.3. The van der Waals surface area contributed by atoms with Crippen molar-refractivity contribution in [3.63, 3.8) is 0 Å². The number of ether oxygens (including phenoxy) is 1. The van der Waals surface area contributed by atoms with Crippen molar-refractivity contribution in [1.29, 1.82) is 0 Å². The summed E-state index contributed by atoms with van der Waals surface area (Å²) in [6.45, 7) is 5.90. The van der Waals surface area contributed by atoms with Gasteiger partial charge in [0.2, 0.25) is 0 Å². The molecule has 2 rings (SSSR count). The van der Waals surface area contributed by atoms with Gasteiger partial charge in [0.1, 0.15) is 10.6 Å². The van der Waals surface area contributed by atoms with Crippen LogP contribution in [-0.2, 0) is 16.6 Å². The SMILES string of the molecule is CCn1nc(C)c(S(=O)(=O)Nc2cc(Cl)ccc2OC)c1C. The molecule has 8 heteroatoms. The third-order valence-electron chi connectivity index (χ3n) is 3.29. The normalized spacial score (nSPS) is 11.5.